The smallest absolute Gasteiger partial charge is 0.316 e. The van der Waals surface area contributed by atoms with Crippen LogP contribution < -0.4 is 10.0 Å². The largest absolute Gasteiger partial charge is 0.417 e. The van der Waals surface area contributed by atoms with Crippen molar-refractivity contribution in [2.75, 3.05) is 19.6 Å². The molecule has 1 atom stereocenters. The highest BCUT2D eigenvalue weighted by Crippen LogP contribution is 2.35. The third kappa shape index (κ3) is 5.07. The highest BCUT2D eigenvalue weighted by atomic mass is 35.5. The number of hydrogen-bond acceptors (Lipinski definition) is 3. The lowest BCUT2D eigenvalue weighted by Crippen LogP contribution is -2.33. The Labute approximate surface area is 138 Å². The molecular formula is C14H18ClF3N2O2S. The molecule has 2 N–H and O–H groups in total. The lowest BCUT2D eigenvalue weighted by molar-refractivity contribution is -0.139. The van der Waals surface area contributed by atoms with E-state index < -0.39 is 26.7 Å². The second-order valence-corrected chi connectivity index (χ2v) is 7.71. The Balaban J connectivity index is 2.10. The summed E-state index contributed by atoms with van der Waals surface area (Å²) in [7, 11) is -4.24. The molecule has 0 amide bonds. The maximum absolute atomic E-state index is 13.0. The second kappa shape index (κ2) is 7.38. The van der Waals surface area contributed by atoms with Crippen molar-refractivity contribution in [1.29, 1.82) is 0 Å². The van der Waals surface area contributed by atoms with Crippen LogP contribution in [0.5, 0.6) is 0 Å². The Bertz CT molecular complexity index is 644. The van der Waals surface area contributed by atoms with E-state index in [-0.39, 0.29) is 11.6 Å². The van der Waals surface area contributed by atoms with E-state index in [0.717, 1.165) is 38.1 Å². The van der Waals surface area contributed by atoms with Gasteiger partial charge in [-0.05, 0) is 56.5 Å². The molecule has 0 spiro atoms. The molecule has 23 heavy (non-hydrogen) atoms. The van der Waals surface area contributed by atoms with Crippen LogP contribution in [0.25, 0.3) is 0 Å². The first-order chi connectivity index (χ1) is 10.7. The fraction of sp³-hybridized carbons (Fsp3) is 0.571. The summed E-state index contributed by atoms with van der Waals surface area (Å²) >= 11 is 5.56. The average molecular weight is 371 g/mol. The van der Waals surface area contributed by atoms with Gasteiger partial charge in [-0.2, -0.15) is 13.2 Å². The van der Waals surface area contributed by atoms with Gasteiger partial charge in [0.2, 0.25) is 10.0 Å². The Kier molecular flexibility index (Phi) is 5.94. The highest BCUT2D eigenvalue weighted by Gasteiger charge is 2.37. The third-order valence-corrected chi connectivity index (χ3v) is 5.53. The predicted molar refractivity (Wildman–Crippen MR) is 81.9 cm³/mol. The minimum atomic E-state index is -4.79. The van der Waals surface area contributed by atoms with E-state index in [1.54, 1.807) is 0 Å². The summed E-state index contributed by atoms with van der Waals surface area (Å²) in [6.45, 7) is 1.85. The van der Waals surface area contributed by atoms with Gasteiger partial charge in [-0.25, -0.2) is 13.1 Å². The first-order valence-electron chi connectivity index (χ1n) is 7.27. The summed E-state index contributed by atoms with van der Waals surface area (Å²) in [4.78, 5) is -0.795. The normalized spacial score (nSPS) is 19.7. The van der Waals surface area contributed by atoms with Gasteiger partial charge in [-0.3, -0.25) is 0 Å². The standard InChI is InChI=1S/C14H18ClF3N2O2S/c15-11-3-4-13(12(8-11)14(16,17)18)23(21,22)20-7-5-10-2-1-6-19-9-10/h3-4,8,10,19-20H,1-2,5-7,9H2. The van der Waals surface area contributed by atoms with E-state index in [9.17, 15) is 21.6 Å². The predicted octanol–water partition coefficient (Wildman–Crippen LogP) is 3.03. The van der Waals surface area contributed by atoms with Gasteiger partial charge >= 0.3 is 6.18 Å². The van der Waals surface area contributed by atoms with Crippen LogP contribution in [-0.4, -0.2) is 28.1 Å². The van der Waals surface area contributed by atoms with Gasteiger partial charge in [-0.1, -0.05) is 11.6 Å². The van der Waals surface area contributed by atoms with Crippen LogP contribution in [0.1, 0.15) is 24.8 Å². The summed E-state index contributed by atoms with van der Waals surface area (Å²) in [5.74, 6) is 0.332. The molecule has 0 saturated carbocycles. The molecule has 9 heteroatoms. The molecule has 130 valence electrons. The summed E-state index contributed by atoms with van der Waals surface area (Å²) in [6.07, 6.45) is -2.19. The molecule has 4 nitrogen and oxygen atoms in total. The van der Waals surface area contributed by atoms with E-state index in [4.69, 9.17) is 11.6 Å². The van der Waals surface area contributed by atoms with Crippen LogP contribution in [-0.2, 0) is 16.2 Å². The minimum Gasteiger partial charge on any atom is -0.316 e. The van der Waals surface area contributed by atoms with Crippen LogP contribution in [0.3, 0.4) is 0 Å². The quantitative estimate of drug-likeness (QED) is 0.837. The van der Waals surface area contributed by atoms with Gasteiger partial charge in [0.1, 0.15) is 0 Å². The molecule has 2 rings (SSSR count). The van der Waals surface area contributed by atoms with Crippen molar-refractivity contribution in [1.82, 2.24) is 10.0 Å². The summed E-state index contributed by atoms with van der Waals surface area (Å²) < 4.78 is 65.7. The van der Waals surface area contributed by atoms with Crippen molar-refractivity contribution in [2.24, 2.45) is 5.92 Å². The zero-order chi connectivity index (χ0) is 17.1. The Hall–Kier alpha value is -0.830. The fourth-order valence-corrected chi connectivity index (χ4v) is 4.03. The molecule has 1 unspecified atom stereocenters. The zero-order valence-corrected chi connectivity index (χ0v) is 13.9. The minimum absolute atomic E-state index is 0.106. The van der Waals surface area contributed by atoms with Crippen LogP contribution in [0.2, 0.25) is 5.02 Å². The maximum atomic E-state index is 13.0. The molecule has 1 fully saturated rings. The Morgan fingerprint density at radius 3 is 2.70 bits per heavy atom. The van der Waals surface area contributed by atoms with E-state index in [1.165, 1.54) is 0 Å². The van der Waals surface area contributed by atoms with Crippen LogP contribution in [0, 0.1) is 5.92 Å². The Morgan fingerprint density at radius 1 is 1.35 bits per heavy atom. The van der Waals surface area contributed by atoms with Crippen molar-refractivity contribution >= 4 is 21.6 Å². The van der Waals surface area contributed by atoms with E-state index in [1.807, 2.05) is 0 Å². The molecule has 0 aromatic heterocycles. The van der Waals surface area contributed by atoms with E-state index in [2.05, 4.69) is 10.0 Å². The lowest BCUT2D eigenvalue weighted by Gasteiger charge is -2.22. The SMILES string of the molecule is O=S(=O)(NCCC1CCCNC1)c1ccc(Cl)cc1C(F)(F)F. The molecule has 1 aromatic carbocycles. The lowest BCUT2D eigenvalue weighted by atomic mass is 9.96. The van der Waals surface area contributed by atoms with Crippen molar-refractivity contribution < 1.29 is 21.6 Å². The second-order valence-electron chi connectivity index (χ2n) is 5.54. The molecule has 0 radical (unpaired) electrons. The molecule has 1 aromatic rings. The zero-order valence-electron chi connectivity index (χ0n) is 12.3. The van der Waals surface area contributed by atoms with Gasteiger partial charge in [0.25, 0.3) is 0 Å². The number of rotatable bonds is 5. The van der Waals surface area contributed by atoms with Crippen molar-refractivity contribution in [3.63, 3.8) is 0 Å². The number of benzene rings is 1. The monoisotopic (exact) mass is 370 g/mol. The van der Waals surface area contributed by atoms with Gasteiger partial charge < -0.3 is 5.32 Å². The first kappa shape index (κ1) is 18.5. The van der Waals surface area contributed by atoms with Gasteiger partial charge in [0, 0.05) is 11.6 Å². The van der Waals surface area contributed by atoms with Gasteiger partial charge in [0.15, 0.2) is 0 Å². The number of halogens is 4. The van der Waals surface area contributed by atoms with Crippen molar-refractivity contribution in [3.05, 3.63) is 28.8 Å². The molecule has 1 aliphatic rings. The van der Waals surface area contributed by atoms with E-state index in [0.29, 0.717) is 18.4 Å². The number of alkyl halides is 3. The van der Waals surface area contributed by atoms with E-state index >= 15 is 0 Å². The number of sulfonamides is 1. The van der Waals surface area contributed by atoms with Gasteiger partial charge in [-0.15, -0.1) is 0 Å². The molecule has 1 heterocycles. The van der Waals surface area contributed by atoms with Crippen LogP contribution >= 0.6 is 11.6 Å². The van der Waals surface area contributed by atoms with Crippen molar-refractivity contribution in [2.45, 2.75) is 30.3 Å². The van der Waals surface area contributed by atoms with Gasteiger partial charge in [0.05, 0.1) is 10.5 Å². The molecular weight excluding hydrogens is 353 g/mol. The van der Waals surface area contributed by atoms with Crippen LogP contribution in [0.15, 0.2) is 23.1 Å². The first-order valence-corrected chi connectivity index (χ1v) is 9.13. The molecule has 0 bridgehead atoms. The maximum Gasteiger partial charge on any atom is 0.417 e. The Morgan fingerprint density at radius 2 is 2.09 bits per heavy atom. The number of hydrogen-bond donors (Lipinski definition) is 2. The summed E-state index contributed by atoms with van der Waals surface area (Å²) in [5.41, 5.74) is -1.25. The fourth-order valence-electron chi connectivity index (χ4n) is 2.60. The molecule has 0 aliphatic carbocycles. The summed E-state index contributed by atoms with van der Waals surface area (Å²) in [5, 5.41) is 3.05. The van der Waals surface area contributed by atoms with Crippen molar-refractivity contribution in [3.8, 4) is 0 Å². The molecule has 1 saturated heterocycles. The topological polar surface area (TPSA) is 58.2 Å². The number of piperidine rings is 1. The third-order valence-electron chi connectivity index (χ3n) is 3.78. The number of nitrogens with one attached hydrogen (secondary N) is 2. The van der Waals surface area contributed by atoms with Crippen LogP contribution in [0.4, 0.5) is 13.2 Å². The summed E-state index contributed by atoms with van der Waals surface area (Å²) in [6, 6.07) is 2.65. The molecule has 1 aliphatic heterocycles. The highest BCUT2D eigenvalue weighted by molar-refractivity contribution is 7.89. The average Bonchev–Trinajstić information content (AvgIpc) is 2.47.